The highest BCUT2D eigenvalue weighted by atomic mass is 16.5. The van der Waals surface area contributed by atoms with Crippen LogP contribution in [0, 0.1) is 5.92 Å². The van der Waals surface area contributed by atoms with E-state index in [2.05, 4.69) is 6.92 Å². The largest absolute Gasteiger partial charge is 0.497 e. The molecular formula is C18H26O2. The summed E-state index contributed by atoms with van der Waals surface area (Å²) < 4.78 is 5.21. The zero-order valence-corrected chi connectivity index (χ0v) is 12.8. The molecule has 20 heavy (non-hydrogen) atoms. The minimum Gasteiger partial charge on any atom is -0.497 e. The van der Waals surface area contributed by atoms with Gasteiger partial charge in [-0.1, -0.05) is 51.5 Å². The van der Waals surface area contributed by atoms with E-state index in [1.165, 1.54) is 44.1 Å². The Morgan fingerprint density at radius 2 is 1.90 bits per heavy atom. The fourth-order valence-corrected chi connectivity index (χ4v) is 3.07. The predicted octanol–water partition coefficient (Wildman–Crippen LogP) is 4.80. The Bertz CT molecular complexity index is 451. The van der Waals surface area contributed by atoms with Crippen LogP contribution in [0.25, 0.3) is 0 Å². The Kier molecular flexibility index (Phi) is 5.63. The number of benzene rings is 1. The maximum absolute atomic E-state index is 12.4. The van der Waals surface area contributed by atoms with E-state index < -0.39 is 0 Å². The number of rotatable bonds is 8. The van der Waals surface area contributed by atoms with E-state index in [0.29, 0.717) is 5.78 Å². The first kappa shape index (κ1) is 15.1. The number of ketones is 1. The van der Waals surface area contributed by atoms with Gasteiger partial charge < -0.3 is 4.74 Å². The lowest BCUT2D eigenvalue weighted by Gasteiger charge is -2.07. The van der Waals surface area contributed by atoms with Crippen LogP contribution in [0.1, 0.15) is 67.8 Å². The summed E-state index contributed by atoms with van der Waals surface area (Å²) in [5, 5.41) is 0. The first-order valence-electron chi connectivity index (χ1n) is 7.97. The quantitative estimate of drug-likeness (QED) is 0.636. The van der Waals surface area contributed by atoms with Gasteiger partial charge in [0, 0.05) is 11.5 Å². The van der Waals surface area contributed by atoms with E-state index in [4.69, 9.17) is 4.74 Å². The second kappa shape index (κ2) is 7.47. The van der Waals surface area contributed by atoms with Crippen LogP contribution in [0.5, 0.6) is 5.75 Å². The molecule has 0 bridgehead atoms. The van der Waals surface area contributed by atoms with Crippen molar-refractivity contribution in [1.29, 1.82) is 0 Å². The van der Waals surface area contributed by atoms with Crippen molar-refractivity contribution in [3.63, 3.8) is 0 Å². The van der Waals surface area contributed by atoms with Gasteiger partial charge in [0.15, 0.2) is 5.78 Å². The summed E-state index contributed by atoms with van der Waals surface area (Å²) in [7, 11) is 1.65. The summed E-state index contributed by atoms with van der Waals surface area (Å²) >= 11 is 0. The summed E-state index contributed by atoms with van der Waals surface area (Å²) in [6.45, 7) is 2.24. The van der Waals surface area contributed by atoms with Crippen LogP contribution in [0.2, 0.25) is 0 Å². The van der Waals surface area contributed by atoms with Crippen LogP contribution in [0.15, 0.2) is 18.2 Å². The molecule has 1 aliphatic carbocycles. The van der Waals surface area contributed by atoms with E-state index >= 15 is 0 Å². The maximum Gasteiger partial charge on any atom is 0.166 e. The average Bonchev–Trinajstić information content (AvgIpc) is 2.79. The lowest BCUT2D eigenvalue weighted by Crippen LogP contribution is -2.08. The van der Waals surface area contributed by atoms with Crippen molar-refractivity contribution in [2.45, 2.75) is 58.3 Å². The second-order valence-corrected chi connectivity index (χ2v) is 5.84. The van der Waals surface area contributed by atoms with Crippen molar-refractivity contribution in [3.8, 4) is 5.75 Å². The van der Waals surface area contributed by atoms with Gasteiger partial charge in [-0.15, -0.1) is 0 Å². The Hall–Kier alpha value is -1.31. The Morgan fingerprint density at radius 1 is 1.15 bits per heavy atom. The van der Waals surface area contributed by atoms with Crippen molar-refractivity contribution in [3.05, 3.63) is 29.3 Å². The molecule has 0 aromatic heterocycles. The Balaban J connectivity index is 1.80. The van der Waals surface area contributed by atoms with Crippen LogP contribution in [0.3, 0.4) is 0 Å². The van der Waals surface area contributed by atoms with E-state index in [0.717, 1.165) is 24.2 Å². The fraction of sp³-hybridized carbons (Fsp3) is 0.611. The molecule has 2 rings (SSSR count). The van der Waals surface area contributed by atoms with Gasteiger partial charge in [0.05, 0.1) is 7.11 Å². The average molecular weight is 274 g/mol. The second-order valence-electron chi connectivity index (χ2n) is 5.84. The van der Waals surface area contributed by atoms with Crippen molar-refractivity contribution in [2.75, 3.05) is 7.11 Å². The molecule has 0 radical (unpaired) electrons. The molecule has 2 heteroatoms. The number of unbranched alkanes of at least 4 members (excludes halogenated alkanes) is 5. The first-order chi connectivity index (χ1) is 9.76. The van der Waals surface area contributed by atoms with Crippen molar-refractivity contribution in [2.24, 2.45) is 5.92 Å². The number of carbonyl (C=O) groups excluding carboxylic acids is 1. The molecule has 1 aromatic rings. The van der Waals surface area contributed by atoms with Gasteiger partial charge in [-0.05, 0) is 30.5 Å². The number of Topliss-reactive ketones (excluding diaryl/α,β-unsaturated/α-hetero) is 1. The van der Waals surface area contributed by atoms with E-state index in [-0.39, 0.29) is 5.92 Å². The topological polar surface area (TPSA) is 26.3 Å². The van der Waals surface area contributed by atoms with Crippen LogP contribution >= 0.6 is 0 Å². The van der Waals surface area contributed by atoms with Gasteiger partial charge in [-0.2, -0.15) is 0 Å². The SMILES string of the molecule is CCCCCCCCC1Cc2ccc(OC)cc2C1=O. The lowest BCUT2D eigenvalue weighted by molar-refractivity contribution is 0.0929. The zero-order chi connectivity index (χ0) is 14.4. The van der Waals surface area contributed by atoms with E-state index in [1.807, 2.05) is 18.2 Å². The molecule has 1 aromatic carbocycles. The predicted molar refractivity (Wildman–Crippen MR) is 82.5 cm³/mol. The molecule has 0 heterocycles. The maximum atomic E-state index is 12.4. The molecule has 0 saturated carbocycles. The Labute approximate surface area is 122 Å². The summed E-state index contributed by atoms with van der Waals surface area (Å²) in [5.74, 6) is 1.33. The monoisotopic (exact) mass is 274 g/mol. The van der Waals surface area contributed by atoms with Gasteiger partial charge in [-0.25, -0.2) is 0 Å². The third-order valence-electron chi connectivity index (χ3n) is 4.33. The number of hydrogen-bond acceptors (Lipinski definition) is 2. The molecular weight excluding hydrogens is 248 g/mol. The molecule has 2 nitrogen and oxygen atoms in total. The van der Waals surface area contributed by atoms with Crippen molar-refractivity contribution in [1.82, 2.24) is 0 Å². The molecule has 1 aliphatic rings. The number of ether oxygens (including phenoxy) is 1. The summed E-state index contributed by atoms with van der Waals surface area (Å²) in [5.41, 5.74) is 2.09. The van der Waals surface area contributed by atoms with Crippen LogP contribution < -0.4 is 4.74 Å². The van der Waals surface area contributed by atoms with Crippen molar-refractivity contribution >= 4 is 5.78 Å². The lowest BCUT2D eigenvalue weighted by atomic mass is 9.97. The highest BCUT2D eigenvalue weighted by Crippen LogP contribution is 2.32. The third-order valence-corrected chi connectivity index (χ3v) is 4.33. The smallest absolute Gasteiger partial charge is 0.166 e. The number of methoxy groups -OCH3 is 1. The first-order valence-corrected chi connectivity index (χ1v) is 7.97. The van der Waals surface area contributed by atoms with Gasteiger partial charge in [0.1, 0.15) is 5.75 Å². The normalized spacial score (nSPS) is 17.3. The van der Waals surface area contributed by atoms with Gasteiger partial charge in [0.25, 0.3) is 0 Å². The van der Waals surface area contributed by atoms with Crippen LogP contribution in [-0.4, -0.2) is 12.9 Å². The molecule has 0 saturated heterocycles. The molecule has 1 atom stereocenters. The molecule has 0 amide bonds. The molecule has 0 spiro atoms. The molecule has 0 N–H and O–H groups in total. The van der Waals surface area contributed by atoms with E-state index in [1.54, 1.807) is 7.11 Å². The highest BCUT2D eigenvalue weighted by Gasteiger charge is 2.30. The van der Waals surface area contributed by atoms with Gasteiger partial charge >= 0.3 is 0 Å². The van der Waals surface area contributed by atoms with Crippen LogP contribution in [0.4, 0.5) is 0 Å². The van der Waals surface area contributed by atoms with Gasteiger partial charge in [-0.3, -0.25) is 4.79 Å². The summed E-state index contributed by atoms with van der Waals surface area (Å²) in [4.78, 5) is 12.4. The molecule has 110 valence electrons. The minimum absolute atomic E-state index is 0.211. The van der Waals surface area contributed by atoms with E-state index in [9.17, 15) is 4.79 Å². The summed E-state index contributed by atoms with van der Waals surface area (Å²) in [6, 6.07) is 5.91. The third kappa shape index (κ3) is 3.62. The Morgan fingerprint density at radius 3 is 2.65 bits per heavy atom. The zero-order valence-electron chi connectivity index (χ0n) is 12.8. The fourth-order valence-electron chi connectivity index (χ4n) is 3.07. The number of hydrogen-bond donors (Lipinski definition) is 0. The minimum atomic E-state index is 0.211. The molecule has 1 unspecified atom stereocenters. The van der Waals surface area contributed by atoms with Gasteiger partial charge in [0.2, 0.25) is 0 Å². The van der Waals surface area contributed by atoms with Crippen molar-refractivity contribution < 1.29 is 9.53 Å². The molecule has 0 fully saturated rings. The number of carbonyl (C=O) groups is 1. The summed E-state index contributed by atoms with van der Waals surface area (Å²) in [6.07, 6.45) is 9.71. The molecule has 0 aliphatic heterocycles. The van der Waals surface area contributed by atoms with Crippen LogP contribution in [-0.2, 0) is 6.42 Å². The standard InChI is InChI=1S/C18H26O2/c1-3-4-5-6-7-8-9-15-12-14-10-11-16(20-2)13-17(14)18(15)19/h10-11,13,15H,3-9,12H2,1-2H3. The number of fused-ring (bicyclic) bond motifs is 1. The highest BCUT2D eigenvalue weighted by molar-refractivity contribution is 6.02.